The first kappa shape index (κ1) is 18.8. The third kappa shape index (κ3) is 4.30. The van der Waals surface area contributed by atoms with Crippen LogP contribution >= 0.6 is 0 Å². The number of benzene rings is 2. The van der Waals surface area contributed by atoms with Gasteiger partial charge < -0.3 is 9.84 Å². The number of carboxylic acids is 1. The highest BCUT2D eigenvalue weighted by Crippen LogP contribution is 2.26. The largest absolute Gasteiger partial charge is 0.494 e. The molecule has 1 N–H and O–H groups in total. The number of carboxylic acid groups (broad SMARTS) is 1. The minimum atomic E-state index is -4.01. The Morgan fingerprint density at radius 1 is 1.08 bits per heavy atom. The van der Waals surface area contributed by atoms with E-state index in [0.29, 0.717) is 18.0 Å². The number of carbonyl (C=O) groups is 1. The van der Waals surface area contributed by atoms with E-state index in [9.17, 15) is 13.2 Å². The number of nitrogens with zero attached hydrogens (tertiary/aromatic N) is 1. The molecule has 0 saturated heterocycles. The van der Waals surface area contributed by atoms with Crippen LogP contribution in [0.4, 0.5) is 5.69 Å². The van der Waals surface area contributed by atoms with Crippen molar-refractivity contribution in [3.63, 3.8) is 0 Å². The van der Waals surface area contributed by atoms with Gasteiger partial charge in [0.15, 0.2) is 0 Å². The van der Waals surface area contributed by atoms with Gasteiger partial charge in [0.2, 0.25) is 0 Å². The summed E-state index contributed by atoms with van der Waals surface area (Å²) in [6, 6.07) is 11.0. The van der Waals surface area contributed by atoms with Crippen LogP contribution in [0.3, 0.4) is 0 Å². The summed E-state index contributed by atoms with van der Waals surface area (Å²) < 4.78 is 32.1. The van der Waals surface area contributed by atoms with Crippen molar-refractivity contribution in [3.8, 4) is 5.75 Å². The van der Waals surface area contributed by atoms with E-state index >= 15 is 0 Å². The lowest BCUT2D eigenvalue weighted by atomic mass is 10.1. The smallest absolute Gasteiger partial charge is 0.324 e. The van der Waals surface area contributed by atoms with Crippen LogP contribution in [0.2, 0.25) is 0 Å². The summed E-state index contributed by atoms with van der Waals surface area (Å²) >= 11 is 0. The van der Waals surface area contributed by atoms with Gasteiger partial charge in [0.25, 0.3) is 10.0 Å². The highest BCUT2D eigenvalue weighted by atomic mass is 32.2. The zero-order valence-electron chi connectivity index (χ0n) is 14.4. The maximum Gasteiger partial charge on any atom is 0.324 e. The second-order valence-electron chi connectivity index (χ2n) is 5.58. The molecular formula is C18H21NO5S. The van der Waals surface area contributed by atoms with Gasteiger partial charge in [-0.05, 0) is 68.3 Å². The lowest BCUT2D eigenvalue weighted by molar-refractivity contribution is -0.135. The minimum absolute atomic E-state index is 0.00966. The van der Waals surface area contributed by atoms with Crippen molar-refractivity contribution in [3.05, 3.63) is 53.6 Å². The zero-order chi connectivity index (χ0) is 18.6. The van der Waals surface area contributed by atoms with Crippen LogP contribution in [0.15, 0.2) is 47.4 Å². The summed E-state index contributed by atoms with van der Waals surface area (Å²) in [7, 11) is -4.01. The molecule has 0 radical (unpaired) electrons. The van der Waals surface area contributed by atoms with E-state index in [-0.39, 0.29) is 4.90 Å². The van der Waals surface area contributed by atoms with Gasteiger partial charge in [-0.25, -0.2) is 8.42 Å². The fraction of sp³-hybridized carbons (Fsp3) is 0.278. The molecule has 0 unspecified atom stereocenters. The van der Waals surface area contributed by atoms with Gasteiger partial charge in [-0.15, -0.1) is 0 Å². The Balaban J connectivity index is 2.47. The number of hydrogen-bond donors (Lipinski definition) is 1. The van der Waals surface area contributed by atoms with Crippen LogP contribution < -0.4 is 9.04 Å². The van der Waals surface area contributed by atoms with E-state index in [0.717, 1.165) is 15.4 Å². The fourth-order valence-corrected chi connectivity index (χ4v) is 3.73. The minimum Gasteiger partial charge on any atom is -0.494 e. The van der Waals surface area contributed by atoms with Crippen molar-refractivity contribution < 1.29 is 23.1 Å². The van der Waals surface area contributed by atoms with Crippen molar-refractivity contribution in [1.82, 2.24) is 0 Å². The molecule has 6 nitrogen and oxygen atoms in total. The van der Waals surface area contributed by atoms with Crippen molar-refractivity contribution in [2.24, 2.45) is 0 Å². The average molecular weight is 363 g/mol. The van der Waals surface area contributed by atoms with Crippen LogP contribution in [-0.2, 0) is 14.8 Å². The predicted molar refractivity (Wildman–Crippen MR) is 95.7 cm³/mol. The maximum atomic E-state index is 13.0. The molecule has 2 rings (SSSR count). The van der Waals surface area contributed by atoms with Crippen molar-refractivity contribution in [1.29, 1.82) is 0 Å². The van der Waals surface area contributed by atoms with Crippen molar-refractivity contribution >= 4 is 21.7 Å². The summed E-state index contributed by atoms with van der Waals surface area (Å²) in [6.45, 7) is 5.40. The summed E-state index contributed by atoms with van der Waals surface area (Å²) in [6.07, 6.45) is 0. The van der Waals surface area contributed by atoms with E-state index in [1.54, 1.807) is 30.3 Å². The van der Waals surface area contributed by atoms with Crippen LogP contribution in [0, 0.1) is 13.8 Å². The molecular weight excluding hydrogens is 342 g/mol. The molecule has 134 valence electrons. The van der Waals surface area contributed by atoms with Crippen LogP contribution in [0.1, 0.15) is 18.1 Å². The number of hydrogen-bond acceptors (Lipinski definition) is 4. The Labute approximate surface area is 147 Å². The Morgan fingerprint density at radius 2 is 1.72 bits per heavy atom. The molecule has 0 aliphatic carbocycles. The van der Waals surface area contributed by atoms with Gasteiger partial charge in [-0.2, -0.15) is 0 Å². The summed E-state index contributed by atoms with van der Waals surface area (Å²) in [5.41, 5.74) is 2.20. The third-order valence-corrected chi connectivity index (χ3v) is 5.57. The quantitative estimate of drug-likeness (QED) is 0.817. The topological polar surface area (TPSA) is 83.9 Å². The van der Waals surface area contributed by atoms with Crippen molar-refractivity contribution in [2.45, 2.75) is 25.7 Å². The van der Waals surface area contributed by atoms with Crippen molar-refractivity contribution in [2.75, 3.05) is 17.5 Å². The number of aryl methyl sites for hydroxylation is 2. The molecule has 0 spiro atoms. The molecule has 0 aliphatic rings. The maximum absolute atomic E-state index is 13.0. The molecule has 0 bridgehead atoms. The summed E-state index contributed by atoms with van der Waals surface area (Å²) in [5, 5.41) is 9.17. The molecule has 2 aromatic carbocycles. The molecule has 2 aromatic rings. The molecule has 0 amide bonds. The normalized spacial score (nSPS) is 11.2. The van der Waals surface area contributed by atoms with Gasteiger partial charge in [-0.1, -0.05) is 6.07 Å². The highest BCUT2D eigenvalue weighted by molar-refractivity contribution is 7.92. The standard InChI is InChI=1S/C18H21NO5S/c1-4-24-16-7-9-17(10-8-16)25(22,23)19(12-18(20)21)15-6-5-13(2)14(3)11-15/h5-11H,4,12H2,1-3H3,(H,20,21). The van der Waals surface area contributed by atoms with Crippen LogP contribution in [-0.4, -0.2) is 32.6 Å². The first-order valence-electron chi connectivity index (χ1n) is 7.80. The van der Waals surface area contributed by atoms with Crippen LogP contribution in [0.25, 0.3) is 0 Å². The number of ether oxygens (including phenoxy) is 1. The van der Waals surface area contributed by atoms with Gasteiger partial charge in [0.05, 0.1) is 17.2 Å². The number of sulfonamides is 1. The van der Waals surface area contributed by atoms with E-state index in [2.05, 4.69) is 0 Å². The SMILES string of the molecule is CCOc1ccc(S(=O)(=O)N(CC(=O)O)c2ccc(C)c(C)c2)cc1. The molecule has 7 heteroatoms. The number of rotatable bonds is 7. The lowest BCUT2D eigenvalue weighted by Gasteiger charge is -2.23. The van der Waals surface area contributed by atoms with E-state index in [1.807, 2.05) is 20.8 Å². The molecule has 0 aliphatic heterocycles. The van der Waals surface area contributed by atoms with E-state index in [4.69, 9.17) is 9.84 Å². The third-order valence-electron chi connectivity index (χ3n) is 3.78. The Morgan fingerprint density at radius 3 is 2.24 bits per heavy atom. The summed E-state index contributed by atoms with van der Waals surface area (Å²) in [5.74, 6) is -0.676. The molecule has 0 aromatic heterocycles. The van der Waals surface area contributed by atoms with Gasteiger partial charge >= 0.3 is 5.97 Å². The van der Waals surface area contributed by atoms with Gasteiger partial charge in [-0.3, -0.25) is 9.10 Å². The molecule has 0 atom stereocenters. The van der Waals surface area contributed by atoms with Gasteiger partial charge in [0.1, 0.15) is 12.3 Å². The predicted octanol–water partition coefficient (Wildman–Crippen LogP) is 2.98. The Bertz CT molecular complexity index is 860. The fourth-order valence-electron chi connectivity index (χ4n) is 2.32. The first-order valence-corrected chi connectivity index (χ1v) is 9.24. The van der Waals surface area contributed by atoms with Gasteiger partial charge in [0, 0.05) is 0 Å². The molecule has 0 saturated carbocycles. The second kappa shape index (κ2) is 7.57. The molecule has 0 heterocycles. The number of anilines is 1. The molecule has 0 fully saturated rings. The van der Waals surface area contributed by atoms with E-state index < -0.39 is 22.5 Å². The zero-order valence-corrected chi connectivity index (χ0v) is 15.2. The first-order chi connectivity index (χ1) is 11.8. The monoisotopic (exact) mass is 363 g/mol. The molecule has 25 heavy (non-hydrogen) atoms. The summed E-state index contributed by atoms with van der Waals surface area (Å²) in [4.78, 5) is 11.2. The average Bonchev–Trinajstić information content (AvgIpc) is 2.56. The second-order valence-corrected chi connectivity index (χ2v) is 7.44. The highest BCUT2D eigenvalue weighted by Gasteiger charge is 2.27. The van der Waals surface area contributed by atoms with E-state index in [1.165, 1.54) is 12.1 Å². The van der Waals surface area contributed by atoms with Crippen LogP contribution in [0.5, 0.6) is 5.75 Å². The lowest BCUT2D eigenvalue weighted by Crippen LogP contribution is -2.35. The Hall–Kier alpha value is -2.54. The number of aliphatic carboxylic acids is 1. The Kier molecular flexibility index (Phi) is 5.69.